The Hall–Kier alpha value is -2.91. The maximum atomic E-state index is 12.9. The van der Waals surface area contributed by atoms with Gasteiger partial charge in [-0.25, -0.2) is 0 Å². The van der Waals surface area contributed by atoms with E-state index in [0.717, 1.165) is 29.7 Å². The summed E-state index contributed by atoms with van der Waals surface area (Å²) in [6, 6.07) is 27.0. The van der Waals surface area contributed by atoms with Crippen molar-refractivity contribution in [3.8, 4) is 11.1 Å². The number of amides is 1. The number of anilines is 1. The summed E-state index contributed by atoms with van der Waals surface area (Å²) >= 11 is 0. The van der Waals surface area contributed by atoms with Crippen molar-refractivity contribution in [3.63, 3.8) is 0 Å². The Labute approximate surface area is 166 Å². The van der Waals surface area contributed by atoms with E-state index in [9.17, 15) is 4.79 Å². The molecular formula is C25H27N2O+. The van der Waals surface area contributed by atoms with Crippen molar-refractivity contribution < 1.29 is 10.1 Å². The van der Waals surface area contributed by atoms with Gasteiger partial charge in [0.15, 0.2) is 6.04 Å². The second-order valence-corrected chi connectivity index (χ2v) is 7.58. The maximum Gasteiger partial charge on any atom is 0.282 e. The number of para-hydroxylation sites is 1. The number of carbonyl (C=O) groups excluding carboxylic acids is 1. The summed E-state index contributed by atoms with van der Waals surface area (Å²) in [5.41, 5.74) is 5.83. The zero-order valence-electron chi connectivity index (χ0n) is 16.3. The molecule has 0 unspecified atom stereocenters. The Kier molecular flexibility index (Phi) is 5.54. The topological polar surface area (TPSA) is 45.7 Å². The van der Waals surface area contributed by atoms with E-state index in [1.54, 1.807) is 0 Å². The standard InChI is InChI=1S/C25H26N2O/c1-18(26-23-17-9-13-20-12-5-6-14-21(20)23)25(28)27-24-16-8-7-15-22(24)19-10-3-2-4-11-19/h2-8,10-12,14-16,18,23,26H,9,13,17H2,1H3,(H,27,28)/p+1/t18-,23+/m0/s1. The molecule has 3 nitrogen and oxygen atoms in total. The maximum absolute atomic E-state index is 12.9. The van der Waals surface area contributed by atoms with Gasteiger partial charge in [0.05, 0.1) is 0 Å². The van der Waals surface area contributed by atoms with Gasteiger partial charge >= 0.3 is 0 Å². The fraction of sp³-hybridized carbons (Fsp3) is 0.240. The molecule has 1 aliphatic rings. The summed E-state index contributed by atoms with van der Waals surface area (Å²) in [7, 11) is 0. The number of quaternary nitrogens is 1. The number of carbonyl (C=O) groups is 1. The minimum Gasteiger partial charge on any atom is -0.330 e. The number of benzene rings is 3. The Balaban J connectivity index is 1.48. The van der Waals surface area contributed by atoms with Gasteiger partial charge < -0.3 is 10.6 Å². The van der Waals surface area contributed by atoms with Crippen LogP contribution in [0.3, 0.4) is 0 Å². The van der Waals surface area contributed by atoms with Crippen LogP contribution in [0.25, 0.3) is 11.1 Å². The molecule has 2 atom stereocenters. The van der Waals surface area contributed by atoms with E-state index in [2.05, 4.69) is 53.1 Å². The molecule has 0 fully saturated rings. The highest BCUT2D eigenvalue weighted by Gasteiger charge is 2.27. The zero-order valence-corrected chi connectivity index (χ0v) is 16.3. The first-order valence-corrected chi connectivity index (χ1v) is 10.1. The summed E-state index contributed by atoms with van der Waals surface area (Å²) in [5, 5.41) is 5.37. The molecule has 0 aromatic heterocycles. The van der Waals surface area contributed by atoms with E-state index in [-0.39, 0.29) is 11.9 Å². The van der Waals surface area contributed by atoms with Crippen molar-refractivity contribution in [2.45, 2.75) is 38.3 Å². The smallest absolute Gasteiger partial charge is 0.282 e. The van der Waals surface area contributed by atoms with Crippen LogP contribution in [0.15, 0.2) is 78.9 Å². The Morgan fingerprint density at radius 1 is 0.964 bits per heavy atom. The van der Waals surface area contributed by atoms with Gasteiger partial charge in [-0.3, -0.25) is 4.79 Å². The highest BCUT2D eigenvalue weighted by Crippen LogP contribution is 2.28. The lowest BCUT2D eigenvalue weighted by molar-refractivity contribution is -0.714. The molecular weight excluding hydrogens is 344 g/mol. The molecule has 0 saturated carbocycles. The van der Waals surface area contributed by atoms with Gasteiger partial charge in [0, 0.05) is 23.2 Å². The normalized spacial score (nSPS) is 16.8. The van der Waals surface area contributed by atoms with E-state index in [1.807, 2.05) is 43.3 Å². The summed E-state index contributed by atoms with van der Waals surface area (Å²) < 4.78 is 0. The van der Waals surface area contributed by atoms with Gasteiger partial charge in [-0.15, -0.1) is 0 Å². The molecule has 0 aliphatic heterocycles. The van der Waals surface area contributed by atoms with Gasteiger partial charge in [-0.2, -0.15) is 0 Å². The summed E-state index contributed by atoms with van der Waals surface area (Å²) in [6.45, 7) is 2.00. The average molecular weight is 372 g/mol. The molecule has 0 bridgehead atoms. The largest absolute Gasteiger partial charge is 0.330 e. The van der Waals surface area contributed by atoms with Crippen molar-refractivity contribution >= 4 is 11.6 Å². The molecule has 3 N–H and O–H groups in total. The Morgan fingerprint density at radius 3 is 2.54 bits per heavy atom. The van der Waals surface area contributed by atoms with Gasteiger partial charge in [-0.1, -0.05) is 72.8 Å². The van der Waals surface area contributed by atoms with E-state index in [1.165, 1.54) is 17.5 Å². The molecule has 3 aromatic rings. The van der Waals surface area contributed by atoms with E-state index in [4.69, 9.17) is 0 Å². The lowest BCUT2D eigenvalue weighted by Gasteiger charge is -2.26. The van der Waals surface area contributed by atoms with Gasteiger partial charge in [-0.05, 0) is 37.0 Å². The number of nitrogens with two attached hydrogens (primary N) is 1. The first kappa shape index (κ1) is 18.5. The van der Waals surface area contributed by atoms with Crippen molar-refractivity contribution in [2.24, 2.45) is 0 Å². The highest BCUT2D eigenvalue weighted by atomic mass is 16.2. The second kappa shape index (κ2) is 8.41. The molecule has 0 heterocycles. The molecule has 4 rings (SSSR count). The first-order valence-electron chi connectivity index (χ1n) is 10.1. The first-order chi connectivity index (χ1) is 13.7. The fourth-order valence-electron chi connectivity index (χ4n) is 4.14. The molecule has 1 amide bonds. The predicted molar refractivity (Wildman–Crippen MR) is 114 cm³/mol. The number of hydrogen-bond acceptors (Lipinski definition) is 1. The third kappa shape index (κ3) is 4.00. The van der Waals surface area contributed by atoms with Crippen molar-refractivity contribution in [1.29, 1.82) is 0 Å². The zero-order chi connectivity index (χ0) is 19.3. The van der Waals surface area contributed by atoms with Crippen LogP contribution in [0.2, 0.25) is 0 Å². The second-order valence-electron chi connectivity index (χ2n) is 7.58. The Morgan fingerprint density at radius 2 is 1.68 bits per heavy atom. The highest BCUT2D eigenvalue weighted by molar-refractivity contribution is 5.97. The van der Waals surface area contributed by atoms with Crippen LogP contribution in [0.5, 0.6) is 0 Å². The van der Waals surface area contributed by atoms with Crippen LogP contribution in [-0.2, 0) is 11.2 Å². The summed E-state index contributed by atoms with van der Waals surface area (Å²) in [5.74, 6) is 0.0476. The lowest BCUT2D eigenvalue weighted by Crippen LogP contribution is -2.92. The quantitative estimate of drug-likeness (QED) is 0.689. The van der Waals surface area contributed by atoms with Crippen LogP contribution in [0.1, 0.15) is 36.9 Å². The molecule has 142 valence electrons. The number of fused-ring (bicyclic) bond motifs is 1. The van der Waals surface area contributed by atoms with E-state index in [0.29, 0.717) is 6.04 Å². The van der Waals surface area contributed by atoms with E-state index >= 15 is 0 Å². The summed E-state index contributed by atoms with van der Waals surface area (Å²) in [6.07, 6.45) is 3.45. The number of nitrogens with one attached hydrogen (secondary N) is 1. The van der Waals surface area contributed by atoms with Crippen LogP contribution in [0.4, 0.5) is 5.69 Å². The van der Waals surface area contributed by atoms with Crippen molar-refractivity contribution in [1.82, 2.24) is 0 Å². The SMILES string of the molecule is C[C@H]([NH2+][C@@H]1CCCc2ccccc21)C(=O)Nc1ccccc1-c1ccccc1. The fourth-order valence-corrected chi connectivity index (χ4v) is 4.14. The molecule has 3 aromatic carbocycles. The van der Waals surface area contributed by atoms with Crippen LogP contribution in [0, 0.1) is 0 Å². The van der Waals surface area contributed by atoms with Crippen LogP contribution in [-0.4, -0.2) is 11.9 Å². The third-order valence-electron chi connectivity index (χ3n) is 5.62. The molecule has 28 heavy (non-hydrogen) atoms. The lowest BCUT2D eigenvalue weighted by atomic mass is 9.87. The molecule has 0 radical (unpaired) electrons. The minimum atomic E-state index is -0.153. The molecule has 1 aliphatic carbocycles. The minimum absolute atomic E-state index is 0.0476. The Bertz CT molecular complexity index is 952. The molecule has 0 saturated heterocycles. The van der Waals surface area contributed by atoms with Crippen LogP contribution < -0.4 is 10.6 Å². The van der Waals surface area contributed by atoms with E-state index < -0.39 is 0 Å². The van der Waals surface area contributed by atoms with Gasteiger partial charge in [0.25, 0.3) is 5.91 Å². The molecule has 0 spiro atoms. The monoisotopic (exact) mass is 371 g/mol. The molecule has 3 heteroatoms. The summed E-state index contributed by atoms with van der Waals surface area (Å²) in [4.78, 5) is 12.9. The number of rotatable bonds is 5. The predicted octanol–water partition coefficient (Wildman–Crippen LogP) is 4.32. The van der Waals surface area contributed by atoms with Crippen molar-refractivity contribution in [3.05, 3.63) is 90.0 Å². The van der Waals surface area contributed by atoms with Gasteiger partial charge in [0.2, 0.25) is 0 Å². The number of hydrogen-bond donors (Lipinski definition) is 2. The van der Waals surface area contributed by atoms with Crippen LogP contribution >= 0.6 is 0 Å². The average Bonchev–Trinajstić information content (AvgIpc) is 2.75. The van der Waals surface area contributed by atoms with Gasteiger partial charge in [0.1, 0.15) is 6.04 Å². The number of aryl methyl sites for hydroxylation is 1. The third-order valence-corrected chi connectivity index (χ3v) is 5.62. The van der Waals surface area contributed by atoms with Crippen molar-refractivity contribution in [2.75, 3.05) is 5.32 Å².